The minimum absolute atomic E-state index is 0.00159. The first-order valence-corrected chi connectivity index (χ1v) is 6.97. The fourth-order valence-electron chi connectivity index (χ4n) is 2.44. The van der Waals surface area contributed by atoms with E-state index in [1.54, 1.807) is 24.8 Å². The predicted molar refractivity (Wildman–Crippen MR) is 77.3 cm³/mol. The van der Waals surface area contributed by atoms with Gasteiger partial charge in [-0.1, -0.05) is 0 Å². The first-order valence-electron chi connectivity index (χ1n) is 6.97. The Labute approximate surface area is 123 Å². The summed E-state index contributed by atoms with van der Waals surface area (Å²) in [6, 6.07) is 3.59. The van der Waals surface area contributed by atoms with Crippen LogP contribution in [0.2, 0.25) is 0 Å². The summed E-state index contributed by atoms with van der Waals surface area (Å²) >= 11 is 0. The molecule has 1 fully saturated rings. The van der Waals surface area contributed by atoms with Crippen LogP contribution in [-0.2, 0) is 4.74 Å². The Morgan fingerprint density at radius 3 is 3.05 bits per heavy atom. The summed E-state index contributed by atoms with van der Waals surface area (Å²) < 4.78 is 7.38. The Morgan fingerprint density at radius 1 is 1.52 bits per heavy atom. The first-order chi connectivity index (χ1) is 10.1. The molecule has 2 atom stereocenters. The number of ether oxygens (including phenoxy) is 1. The summed E-state index contributed by atoms with van der Waals surface area (Å²) in [5.74, 6) is -0.184. The molecule has 1 aliphatic heterocycles. The second-order valence-electron chi connectivity index (χ2n) is 5.50. The molecular formula is C15H18N4O2. The summed E-state index contributed by atoms with van der Waals surface area (Å²) in [6.45, 7) is 4.64. The number of imidazole rings is 1. The van der Waals surface area contributed by atoms with E-state index in [2.05, 4.69) is 15.3 Å². The molecule has 0 radical (unpaired) electrons. The van der Waals surface area contributed by atoms with Gasteiger partial charge < -0.3 is 14.6 Å². The largest absolute Gasteiger partial charge is 0.376 e. The fourth-order valence-corrected chi connectivity index (χ4v) is 2.44. The summed E-state index contributed by atoms with van der Waals surface area (Å²) in [5.41, 5.74) is 0.902. The van der Waals surface area contributed by atoms with Crippen molar-refractivity contribution in [2.75, 3.05) is 6.61 Å². The van der Waals surface area contributed by atoms with Crippen molar-refractivity contribution in [1.29, 1.82) is 0 Å². The molecule has 2 aromatic rings. The molecular weight excluding hydrogens is 268 g/mol. The minimum atomic E-state index is -0.343. The second-order valence-corrected chi connectivity index (χ2v) is 5.50. The van der Waals surface area contributed by atoms with Crippen LogP contribution in [0.4, 0.5) is 0 Å². The normalized spacial score (nSPS) is 25.0. The van der Waals surface area contributed by atoms with E-state index < -0.39 is 0 Å². The van der Waals surface area contributed by atoms with Gasteiger partial charge in [0, 0.05) is 25.2 Å². The molecule has 0 saturated carbocycles. The number of hydrogen-bond acceptors (Lipinski definition) is 4. The van der Waals surface area contributed by atoms with Gasteiger partial charge in [0.25, 0.3) is 5.91 Å². The first kappa shape index (κ1) is 13.8. The Bertz CT molecular complexity index is 641. The molecule has 1 aliphatic rings. The van der Waals surface area contributed by atoms with E-state index in [0.29, 0.717) is 12.3 Å². The van der Waals surface area contributed by atoms with Gasteiger partial charge in [-0.15, -0.1) is 0 Å². The number of amides is 1. The highest BCUT2D eigenvalue weighted by Gasteiger charge is 2.38. The van der Waals surface area contributed by atoms with Gasteiger partial charge in [-0.2, -0.15) is 0 Å². The molecule has 6 heteroatoms. The van der Waals surface area contributed by atoms with Gasteiger partial charge in [0.15, 0.2) is 0 Å². The third-order valence-corrected chi connectivity index (χ3v) is 4.06. The van der Waals surface area contributed by atoms with E-state index in [1.165, 1.54) is 0 Å². The van der Waals surface area contributed by atoms with Crippen molar-refractivity contribution < 1.29 is 9.53 Å². The SMILES string of the molecule is CC1OCCC1(C)NC(=O)c1cc(-n2ccnc2)ccn1. The molecule has 2 aromatic heterocycles. The molecule has 0 spiro atoms. The van der Waals surface area contributed by atoms with Crippen LogP contribution in [0.1, 0.15) is 30.8 Å². The van der Waals surface area contributed by atoms with Crippen LogP contribution < -0.4 is 5.32 Å². The molecule has 1 saturated heterocycles. The van der Waals surface area contributed by atoms with Gasteiger partial charge >= 0.3 is 0 Å². The maximum Gasteiger partial charge on any atom is 0.270 e. The third-order valence-electron chi connectivity index (χ3n) is 4.06. The zero-order valence-corrected chi connectivity index (χ0v) is 12.1. The van der Waals surface area contributed by atoms with Gasteiger partial charge in [0.2, 0.25) is 0 Å². The number of nitrogens with zero attached hydrogens (tertiary/aromatic N) is 3. The number of pyridine rings is 1. The summed E-state index contributed by atoms with van der Waals surface area (Å²) in [5, 5.41) is 3.04. The van der Waals surface area contributed by atoms with Crippen molar-refractivity contribution in [2.45, 2.75) is 31.9 Å². The zero-order valence-electron chi connectivity index (χ0n) is 12.1. The molecule has 0 aromatic carbocycles. The van der Waals surface area contributed by atoms with E-state index in [4.69, 9.17) is 4.74 Å². The lowest BCUT2D eigenvalue weighted by Gasteiger charge is -2.28. The quantitative estimate of drug-likeness (QED) is 0.929. The van der Waals surface area contributed by atoms with E-state index in [0.717, 1.165) is 12.1 Å². The number of carbonyl (C=O) groups excluding carboxylic acids is 1. The third kappa shape index (κ3) is 2.67. The van der Waals surface area contributed by atoms with Crippen LogP contribution in [0.25, 0.3) is 5.69 Å². The minimum Gasteiger partial charge on any atom is -0.376 e. The highest BCUT2D eigenvalue weighted by Crippen LogP contribution is 2.25. The van der Waals surface area contributed by atoms with Crippen LogP contribution >= 0.6 is 0 Å². The van der Waals surface area contributed by atoms with Crippen molar-refractivity contribution in [3.8, 4) is 5.69 Å². The molecule has 3 rings (SSSR count). The van der Waals surface area contributed by atoms with Crippen LogP contribution in [0.5, 0.6) is 0 Å². The molecule has 6 nitrogen and oxygen atoms in total. The van der Waals surface area contributed by atoms with Gasteiger partial charge in [0.1, 0.15) is 5.69 Å². The van der Waals surface area contributed by atoms with Crippen molar-refractivity contribution in [1.82, 2.24) is 19.9 Å². The Kier molecular flexibility index (Phi) is 3.47. The predicted octanol–water partition coefficient (Wildman–Crippen LogP) is 1.56. The maximum absolute atomic E-state index is 12.4. The van der Waals surface area contributed by atoms with Crippen LogP contribution in [0.3, 0.4) is 0 Å². The van der Waals surface area contributed by atoms with Gasteiger partial charge in [-0.3, -0.25) is 9.78 Å². The summed E-state index contributed by atoms with van der Waals surface area (Å²) in [6.07, 6.45) is 7.63. The monoisotopic (exact) mass is 286 g/mol. The lowest BCUT2D eigenvalue weighted by molar-refractivity contribution is 0.0724. The highest BCUT2D eigenvalue weighted by atomic mass is 16.5. The van der Waals surface area contributed by atoms with Crippen molar-refractivity contribution in [3.63, 3.8) is 0 Å². The molecule has 2 unspecified atom stereocenters. The molecule has 21 heavy (non-hydrogen) atoms. The maximum atomic E-state index is 12.4. The van der Waals surface area contributed by atoms with E-state index in [-0.39, 0.29) is 17.6 Å². The lowest BCUT2D eigenvalue weighted by atomic mass is 9.94. The van der Waals surface area contributed by atoms with Crippen LogP contribution in [0, 0.1) is 0 Å². The average Bonchev–Trinajstić information content (AvgIpc) is 3.11. The highest BCUT2D eigenvalue weighted by molar-refractivity contribution is 5.93. The Balaban J connectivity index is 1.81. The van der Waals surface area contributed by atoms with E-state index >= 15 is 0 Å². The van der Waals surface area contributed by atoms with E-state index in [1.807, 2.05) is 30.7 Å². The smallest absolute Gasteiger partial charge is 0.270 e. The molecule has 1 N–H and O–H groups in total. The number of rotatable bonds is 3. The number of carbonyl (C=O) groups is 1. The Morgan fingerprint density at radius 2 is 2.38 bits per heavy atom. The number of nitrogens with one attached hydrogen (secondary N) is 1. The Hall–Kier alpha value is -2.21. The fraction of sp³-hybridized carbons (Fsp3) is 0.400. The lowest BCUT2D eigenvalue weighted by Crippen LogP contribution is -2.50. The van der Waals surface area contributed by atoms with Gasteiger partial charge in [-0.25, -0.2) is 4.98 Å². The molecule has 110 valence electrons. The summed E-state index contributed by atoms with van der Waals surface area (Å²) in [4.78, 5) is 20.6. The van der Waals surface area contributed by atoms with E-state index in [9.17, 15) is 4.79 Å². The molecule has 3 heterocycles. The number of aromatic nitrogens is 3. The molecule has 1 amide bonds. The summed E-state index contributed by atoms with van der Waals surface area (Å²) in [7, 11) is 0. The van der Waals surface area contributed by atoms with Crippen molar-refractivity contribution in [3.05, 3.63) is 42.7 Å². The molecule has 0 bridgehead atoms. The second kappa shape index (κ2) is 5.29. The van der Waals surface area contributed by atoms with Gasteiger partial charge in [-0.05, 0) is 32.4 Å². The van der Waals surface area contributed by atoms with Crippen LogP contribution in [0.15, 0.2) is 37.1 Å². The van der Waals surface area contributed by atoms with Crippen molar-refractivity contribution >= 4 is 5.91 Å². The van der Waals surface area contributed by atoms with Crippen molar-refractivity contribution in [2.24, 2.45) is 0 Å². The number of hydrogen-bond donors (Lipinski definition) is 1. The molecule has 0 aliphatic carbocycles. The topological polar surface area (TPSA) is 69.0 Å². The standard InChI is InChI=1S/C15H18N4O2/c1-11-15(2,4-8-21-11)18-14(20)13-9-12(3-5-17-13)19-7-6-16-10-19/h3,5-7,9-11H,4,8H2,1-2H3,(H,18,20). The van der Waals surface area contributed by atoms with Crippen LogP contribution in [-0.4, -0.2) is 38.7 Å². The van der Waals surface area contributed by atoms with Gasteiger partial charge in [0.05, 0.1) is 23.7 Å². The average molecular weight is 286 g/mol. The zero-order chi connectivity index (χ0) is 14.9.